The molecule has 1 aliphatic heterocycles. The van der Waals surface area contributed by atoms with Crippen molar-refractivity contribution in [1.82, 2.24) is 10.2 Å². The van der Waals surface area contributed by atoms with E-state index in [-0.39, 0.29) is 11.9 Å². The third-order valence-electron chi connectivity index (χ3n) is 3.78. The lowest BCUT2D eigenvalue weighted by molar-refractivity contribution is 0.0965. The van der Waals surface area contributed by atoms with Crippen molar-refractivity contribution in [1.29, 1.82) is 0 Å². The van der Waals surface area contributed by atoms with E-state index in [4.69, 9.17) is 10.5 Å². The Balaban J connectivity index is 1.90. The second-order valence-electron chi connectivity index (χ2n) is 6.04. The molecule has 5 nitrogen and oxygen atoms in total. The number of anilines is 1. The van der Waals surface area contributed by atoms with Crippen molar-refractivity contribution >= 4 is 11.5 Å². The van der Waals surface area contributed by atoms with E-state index >= 15 is 0 Å². The molecule has 0 aliphatic carbocycles. The Morgan fingerprint density at radius 2 is 2.18 bits per heavy atom. The molecule has 0 bridgehead atoms. The highest BCUT2D eigenvalue weighted by molar-refractivity contribution is 5.97. The van der Waals surface area contributed by atoms with Crippen LogP contribution in [0.1, 0.15) is 37.0 Å². The third-order valence-corrected chi connectivity index (χ3v) is 3.78. The zero-order valence-corrected chi connectivity index (χ0v) is 13.6. The summed E-state index contributed by atoms with van der Waals surface area (Å²) in [6.07, 6.45) is 1.74. The standard InChI is InChI=1S/C17H27N3O2/c1-13(2)22-17-5-4-14(12-15(17)18)16(21)6-10-20-9-3-7-19-8-11-20/h4-5,12-13,19H,3,6-11,18H2,1-2H3. The van der Waals surface area contributed by atoms with Crippen LogP contribution < -0.4 is 15.8 Å². The fraction of sp³-hybridized carbons (Fsp3) is 0.588. The number of nitrogens with one attached hydrogen (secondary N) is 1. The molecule has 1 aliphatic rings. The van der Waals surface area contributed by atoms with E-state index in [2.05, 4.69) is 10.2 Å². The summed E-state index contributed by atoms with van der Waals surface area (Å²) in [7, 11) is 0. The van der Waals surface area contributed by atoms with Crippen LogP contribution in [0, 0.1) is 0 Å². The lowest BCUT2D eigenvalue weighted by Gasteiger charge is -2.18. The Bertz CT molecular complexity index is 495. The molecule has 0 spiro atoms. The average molecular weight is 305 g/mol. The summed E-state index contributed by atoms with van der Waals surface area (Å²) < 4.78 is 5.60. The molecule has 1 heterocycles. The molecule has 122 valence electrons. The van der Waals surface area contributed by atoms with Gasteiger partial charge in [-0.15, -0.1) is 0 Å². The summed E-state index contributed by atoms with van der Waals surface area (Å²) in [5, 5.41) is 3.37. The molecule has 0 aromatic heterocycles. The zero-order valence-electron chi connectivity index (χ0n) is 13.6. The van der Waals surface area contributed by atoms with Gasteiger partial charge in [-0.05, 0) is 51.6 Å². The first-order valence-corrected chi connectivity index (χ1v) is 8.08. The fourth-order valence-electron chi connectivity index (χ4n) is 2.61. The van der Waals surface area contributed by atoms with Crippen molar-refractivity contribution in [3.05, 3.63) is 23.8 Å². The van der Waals surface area contributed by atoms with Crippen LogP contribution in [0.2, 0.25) is 0 Å². The van der Waals surface area contributed by atoms with Crippen LogP contribution >= 0.6 is 0 Å². The summed E-state index contributed by atoms with van der Waals surface area (Å²) in [6.45, 7) is 8.86. The summed E-state index contributed by atoms with van der Waals surface area (Å²) in [6, 6.07) is 5.32. The van der Waals surface area contributed by atoms with Crippen molar-refractivity contribution in [3.8, 4) is 5.75 Å². The second-order valence-corrected chi connectivity index (χ2v) is 6.04. The van der Waals surface area contributed by atoms with Crippen LogP contribution in [0.4, 0.5) is 5.69 Å². The van der Waals surface area contributed by atoms with Gasteiger partial charge < -0.3 is 20.7 Å². The highest BCUT2D eigenvalue weighted by Crippen LogP contribution is 2.24. The quantitative estimate of drug-likeness (QED) is 0.621. The van der Waals surface area contributed by atoms with E-state index in [1.165, 1.54) is 0 Å². The molecular formula is C17H27N3O2. The Morgan fingerprint density at radius 1 is 1.36 bits per heavy atom. The first-order valence-electron chi connectivity index (χ1n) is 8.08. The van der Waals surface area contributed by atoms with Crippen LogP contribution in [0.5, 0.6) is 5.75 Å². The van der Waals surface area contributed by atoms with Crippen molar-refractivity contribution in [2.24, 2.45) is 0 Å². The number of nitrogens with zero attached hydrogens (tertiary/aromatic N) is 1. The Hall–Kier alpha value is -1.59. The van der Waals surface area contributed by atoms with Crippen LogP contribution in [-0.4, -0.2) is 49.5 Å². The Labute approximate surface area is 132 Å². The lowest BCUT2D eigenvalue weighted by Crippen LogP contribution is -2.30. The maximum Gasteiger partial charge on any atom is 0.164 e. The van der Waals surface area contributed by atoms with Gasteiger partial charge >= 0.3 is 0 Å². The molecule has 2 rings (SSSR count). The number of ether oxygens (including phenoxy) is 1. The van der Waals surface area contributed by atoms with E-state index in [1.807, 2.05) is 13.8 Å². The molecule has 1 fully saturated rings. The monoisotopic (exact) mass is 305 g/mol. The number of rotatable bonds is 6. The van der Waals surface area contributed by atoms with E-state index < -0.39 is 0 Å². The van der Waals surface area contributed by atoms with Crippen molar-refractivity contribution < 1.29 is 9.53 Å². The summed E-state index contributed by atoms with van der Waals surface area (Å²) in [5.41, 5.74) is 7.17. The molecule has 22 heavy (non-hydrogen) atoms. The van der Waals surface area contributed by atoms with E-state index in [1.54, 1.807) is 18.2 Å². The normalized spacial score (nSPS) is 16.5. The number of hydrogen-bond acceptors (Lipinski definition) is 5. The lowest BCUT2D eigenvalue weighted by atomic mass is 10.1. The van der Waals surface area contributed by atoms with Gasteiger partial charge in [-0.25, -0.2) is 0 Å². The molecule has 0 unspecified atom stereocenters. The minimum absolute atomic E-state index is 0.0699. The molecule has 1 saturated heterocycles. The van der Waals surface area contributed by atoms with Gasteiger partial charge in [0, 0.05) is 31.6 Å². The predicted octanol–water partition coefficient (Wildman–Crippen LogP) is 1.92. The largest absolute Gasteiger partial charge is 0.489 e. The van der Waals surface area contributed by atoms with Crippen molar-refractivity contribution in [3.63, 3.8) is 0 Å². The van der Waals surface area contributed by atoms with Crippen LogP contribution in [-0.2, 0) is 0 Å². The van der Waals surface area contributed by atoms with Gasteiger partial charge in [0.25, 0.3) is 0 Å². The summed E-state index contributed by atoms with van der Waals surface area (Å²) in [4.78, 5) is 14.7. The van der Waals surface area contributed by atoms with Crippen LogP contribution in [0.3, 0.4) is 0 Å². The minimum Gasteiger partial charge on any atom is -0.489 e. The number of hydrogen-bond donors (Lipinski definition) is 2. The number of carbonyl (C=O) groups excluding carboxylic acids is 1. The van der Waals surface area contributed by atoms with E-state index in [9.17, 15) is 4.79 Å². The number of nitrogens with two attached hydrogens (primary N) is 1. The molecule has 5 heteroatoms. The minimum atomic E-state index is 0.0699. The third kappa shape index (κ3) is 5.00. The second kappa shape index (κ2) is 8.15. The van der Waals surface area contributed by atoms with E-state index in [0.717, 1.165) is 39.1 Å². The first kappa shape index (κ1) is 16.8. The molecule has 0 saturated carbocycles. The zero-order chi connectivity index (χ0) is 15.9. The van der Waals surface area contributed by atoms with Gasteiger partial charge in [-0.2, -0.15) is 0 Å². The smallest absolute Gasteiger partial charge is 0.164 e. The molecule has 1 aromatic rings. The summed E-state index contributed by atoms with van der Waals surface area (Å²) >= 11 is 0. The van der Waals surface area contributed by atoms with Gasteiger partial charge in [0.1, 0.15) is 5.75 Å². The number of Topliss-reactive ketones (excluding diaryl/α,β-unsaturated/α-hetero) is 1. The van der Waals surface area contributed by atoms with Gasteiger partial charge in [-0.3, -0.25) is 4.79 Å². The maximum atomic E-state index is 12.3. The van der Waals surface area contributed by atoms with E-state index in [0.29, 0.717) is 23.4 Å². The molecule has 3 N–H and O–H groups in total. The molecule has 1 aromatic carbocycles. The number of nitrogen functional groups attached to an aromatic ring is 1. The number of ketones is 1. The topological polar surface area (TPSA) is 67.6 Å². The molecule has 0 radical (unpaired) electrons. The molecule has 0 atom stereocenters. The number of benzene rings is 1. The fourth-order valence-corrected chi connectivity index (χ4v) is 2.61. The molecule has 0 amide bonds. The number of carbonyl (C=O) groups is 1. The average Bonchev–Trinajstić information content (AvgIpc) is 2.75. The van der Waals surface area contributed by atoms with Crippen LogP contribution in [0.15, 0.2) is 18.2 Å². The summed E-state index contributed by atoms with van der Waals surface area (Å²) in [5.74, 6) is 0.783. The highest BCUT2D eigenvalue weighted by Gasteiger charge is 2.13. The van der Waals surface area contributed by atoms with Crippen molar-refractivity contribution in [2.45, 2.75) is 32.8 Å². The highest BCUT2D eigenvalue weighted by atomic mass is 16.5. The Morgan fingerprint density at radius 3 is 2.91 bits per heavy atom. The van der Waals surface area contributed by atoms with Gasteiger partial charge in [0.15, 0.2) is 5.78 Å². The maximum absolute atomic E-state index is 12.3. The SMILES string of the molecule is CC(C)Oc1ccc(C(=O)CCN2CCCNCC2)cc1N. The molecular weight excluding hydrogens is 278 g/mol. The van der Waals surface area contributed by atoms with Gasteiger partial charge in [0.05, 0.1) is 11.8 Å². The van der Waals surface area contributed by atoms with Gasteiger partial charge in [0.2, 0.25) is 0 Å². The first-order chi connectivity index (χ1) is 10.6. The van der Waals surface area contributed by atoms with Gasteiger partial charge in [-0.1, -0.05) is 0 Å². The Kier molecular flexibility index (Phi) is 6.21. The van der Waals surface area contributed by atoms with Crippen molar-refractivity contribution in [2.75, 3.05) is 38.5 Å². The predicted molar refractivity (Wildman–Crippen MR) is 89.5 cm³/mol. The van der Waals surface area contributed by atoms with Crippen LogP contribution in [0.25, 0.3) is 0 Å².